The van der Waals surface area contributed by atoms with Gasteiger partial charge in [-0.05, 0) is 34.9 Å². The molecule has 5 amide bonds. The van der Waals surface area contributed by atoms with Gasteiger partial charge in [0, 0.05) is 19.3 Å². The molecule has 0 saturated carbocycles. The van der Waals surface area contributed by atoms with Gasteiger partial charge in [0.05, 0.1) is 0 Å². The van der Waals surface area contributed by atoms with Crippen molar-refractivity contribution in [2.45, 2.75) is 90.0 Å². The van der Waals surface area contributed by atoms with Crippen molar-refractivity contribution in [2.75, 3.05) is 0 Å². The first kappa shape index (κ1) is 36.8. The molecule has 3 aromatic rings. The van der Waals surface area contributed by atoms with Crippen LogP contribution >= 0.6 is 0 Å². The van der Waals surface area contributed by atoms with Crippen LogP contribution < -0.4 is 26.6 Å². The Morgan fingerprint density at radius 3 is 1.14 bits per heavy atom. The van der Waals surface area contributed by atoms with E-state index in [2.05, 4.69) is 26.6 Å². The van der Waals surface area contributed by atoms with Crippen molar-refractivity contribution in [3.63, 3.8) is 0 Å². The SMILES string of the molecule is CC[C@H](C)[C@@H]1NC(=O)[C@H](CC(C)C)NC(=O)[C@H](Cc2ccccc2)NC(=O)[C@@H](Cc2ccccc2)NC(=O)[C@@H](Cc2ccccc2)NC1=O. The Morgan fingerprint density at radius 2 is 0.796 bits per heavy atom. The average molecular weight is 668 g/mol. The number of rotatable bonds is 10. The summed E-state index contributed by atoms with van der Waals surface area (Å²) in [5, 5.41) is 14.4. The molecule has 1 saturated heterocycles. The number of carbonyl (C=O) groups is 5. The van der Waals surface area contributed by atoms with E-state index in [0.29, 0.717) is 12.8 Å². The van der Waals surface area contributed by atoms with E-state index in [9.17, 15) is 24.0 Å². The Kier molecular flexibility index (Phi) is 13.5. The van der Waals surface area contributed by atoms with Crippen molar-refractivity contribution in [2.24, 2.45) is 11.8 Å². The molecule has 3 aromatic carbocycles. The lowest BCUT2D eigenvalue weighted by Crippen LogP contribution is -2.59. The summed E-state index contributed by atoms with van der Waals surface area (Å²) in [6, 6.07) is 22.7. The second kappa shape index (κ2) is 18.0. The number of benzene rings is 3. The maximum atomic E-state index is 14.1. The first-order valence-electron chi connectivity index (χ1n) is 17.2. The van der Waals surface area contributed by atoms with Crippen LogP contribution in [-0.2, 0) is 43.2 Å². The molecule has 260 valence electrons. The van der Waals surface area contributed by atoms with E-state index in [1.54, 1.807) is 0 Å². The molecular formula is C39H49N5O5. The van der Waals surface area contributed by atoms with Gasteiger partial charge in [-0.3, -0.25) is 24.0 Å². The van der Waals surface area contributed by atoms with E-state index in [1.165, 1.54) is 0 Å². The highest BCUT2D eigenvalue weighted by Gasteiger charge is 2.36. The van der Waals surface area contributed by atoms with Crippen LogP contribution in [-0.4, -0.2) is 59.7 Å². The van der Waals surface area contributed by atoms with Gasteiger partial charge in [0.1, 0.15) is 30.2 Å². The minimum absolute atomic E-state index is 0.0310. The molecule has 0 unspecified atom stereocenters. The summed E-state index contributed by atoms with van der Waals surface area (Å²) >= 11 is 0. The first-order chi connectivity index (χ1) is 23.5. The number of hydrogen-bond donors (Lipinski definition) is 5. The summed E-state index contributed by atoms with van der Waals surface area (Å²) in [4.78, 5) is 70.0. The van der Waals surface area contributed by atoms with E-state index in [-0.39, 0.29) is 31.1 Å². The van der Waals surface area contributed by atoms with Crippen LogP contribution in [0, 0.1) is 11.8 Å². The van der Waals surface area contributed by atoms with Crippen molar-refractivity contribution in [1.82, 2.24) is 26.6 Å². The van der Waals surface area contributed by atoms with Gasteiger partial charge in [0.25, 0.3) is 0 Å². The Bertz CT molecular complexity index is 1550. The highest BCUT2D eigenvalue weighted by Crippen LogP contribution is 2.14. The lowest BCUT2D eigenvalue weighted by Gasteiger charge is -2.29. The van der Waals surface area contributed by atoms with Crippen molar-refractivity contribution in [1.29, 1.82) is 0 Å². The maximum absolute atomic E-state index is 14.1. The molecule has 0 bridgehead atoms. The van der Waals surface area contributed by atoms with Crippen LogP contribution in [0.15, 0.2) is 91.0 Å². The smallest absolute Gasteiger partial charge is 0.243 e. The lowest BCUT2D eigenvalue weighted by atomic mass is 9.95. The minimum atomic E-state index is -1.07. The quantitative estimate of drug-likeness (QED) is 0.226. The summed E-state index contributed by atoms with van der Waals surface area (Å²) in [5.74, 6) is -2.93. The molecule has 1 aliphatic heterocycles. The third kappa shape index (κ3) is 11.0. The predicted octanol–water partition coefficient (Wildman–Crippen LogP) is 3.24. The van der Waals surface area contributed by atoms with Gasteiger partial charge in [0.2, 0.25) is 29.5 Å². The molecule has 10 nitrogen and oxygen atoms in total. The van der Waals surface area contributed by atoms with Crippen LogP contribution in [0.3, 0.4) is 0 Å². The molecule has 6 atom stereocenters. The molecule has 0 radical (unpaired) electrons. The summed E-state index contributed by atoms with van der Waals surface area (Å²) in [5.41, 5.74) is 2.42. The highest BCUT2D eigenvalue weighted by atomic mass is 16.2. The number of amides is 5. The van der Waals surface area contributed by atoms with Crippen LogP contribution in [0.25, 0.3) is 0 Å². The molecule has 0 spiro atoms. The average Bonchev–Trinajstić information content (AvgIpc) is 3.09. The molecule has 1 heterocycles. The first-order valence-corrected chi connectivity index (χ1v) is 17.2. The number of hydrogen-bond acceptors (Lipinski definition) is 5. The Balaban J connectivity index is 1.78. The maximum Gasteiger partial charge on any atom is 0.243 e. The zero-order valence-electron chi connectivity index (χ0n) is 28.8. The number of nitrogens with one attached hydrogen (secondary N) is 5. The molecule has 4 rings (SSSR count). The number of carbonyl (C=O) groups excluding carboxylic acids is 5. The monoisotopic (exact) mass is 667 g/mol. The lowest BCUT2D eigenvalue weighted by molar-refractivity contribution is -0.135. The topological polar surface area (TPSA) is 146 Å². The van der Waals surface area contributed by atoms with E-state index in [1.807, 2.05) is 119 Å². The normalized spacial score (nSPS) is 23.2. The largest absolute Gasteiger partial charge is 0.343 e. The molecular weight excluding hydrogens is 618 g/mol. The van der Waals surface area contributed by atoms with E-state index in [4.69, 9.17) is 0 Å². The van der Waals surface area contributed by atoms with Crippen molar-refractivity contribution in [3.05, 3.63) is 108 Å². The fourth-order valence-corrected chi connectivity index (χ4v) is 5.91. The summed E-state index contributed by atoms with van der Waals surface area (Å²) < 4.78 is 0. The Morgan fingerprint density at radius 1 is 0.469 bits per heavy atom. The predicted molar refractivity (Wildman–Crippen MR) is 189 cm³/mol. The van der Waals surface area contributed by atoms with E-state index >= 15 is 0 Å². The summed E-state index contributed by atoms with van der Waals surface area (Å²) in [7, 11) is 0. The fraction of sp³-hybridized carbons (Fsp3) is 0.410. The van der Waals surface area contributed by atoms with Gasteiger partial charge in [0.15, 0.2) is 0 Å². The van der Waals surface area contributed by atoms with Crippen molar-refractivity contribution < 1.29 is 24.0 Å². The molecule has 0 aliphatic carbocycles. The zero-order chi connectivity index (χ0) is 35.3. The van der Waals surface area contributed by atoms with Crippen LogP contribution in [0.1, 0.15) is 57.2 Å². The van der Waals surface area contributed by atoms with Crippen LogP contribution in [0.4, 0.5) is 0 Å². The fourth-order valence-electron chi connectivity index (χ4n) is 5.91. The van der Waals surface area contributed by atoms with Crippen molar-refractivity contribution >= 4 is 29.5 Å². The summed E-state index contributed by atoms with van der Waals surface area (Å²) in [6.45, 7) is 7.66. The molecule has 10 heteroatoms. The van der Waals surface area contributed by atoms with E-state index in [0.717, 1.165) is 16.7 Å². The van der Waals surface area contributed by atoms with Crippen LogP contribution in [0.2, 0.25) is 0 Å². The molecule has 49 heavy (non-hydrogen) atoms. The zero-order valence-corrected chi connectivity index (χ0v) is 28.8. The Hall–Kier alpha value is -4.99. The Labute approximate surface area is 289 Å². The summed E-state index contributed by atoms with van der Waals surface area (Å²) in [6.07, 6.45) is 1.35. The standard InChI is InChI=1S/C39H49N5O5/c1-5-26(4)34-39(49)43-33(24-29-19-13-8-14-20-29)37(47)42-32(23-28-17-11-7-12-18-28)36(46)41-31(22-27-15-9-6-10-16-27)35(45)40-30(21-25(2)3)38(48)44-34/h6-20,25-26,30-34H,5,21-24H2,1-4H3,(H,40,45)(H,41,46)(H,42,47)(H,43,49)(H,44,48)/t26-,30-,31-,32+,33+,34-/m0/s1. The van der Waals surface area contributed by atoms with Crippen LogP contribution in [0.5, 0.6) is 0 Å². The van der Waals surface area contributed by atoms with Gasteiger partial charge in [-0.15, -0.1) is 0 Å². The van der Waals surface area contributed by atoms with E-state index < -0.39 is 59.7 Å². The minimum Gasteiger partial charge on any atom is -0.343 e. The van der Waals surface area contributed by atoms with Gasteiger partial charge >= 0.3 is 0 Å². The second-order valence-corrected chi connectivity index (χ2v) is 13.3. The molecule has 1 fully saturated rings. The molecule has 1 aliphatic rings. The highest BCUT2D eigenvalue weighted by molar-refractivity contribution is 5.98. The molecule has 0 aromatic heterocycles. The van der Waals surface area contributed by atoms with Gasteiger partial charge in [-0.1, -0.05) is 125 Å². The van der Waals surface area contributed by atoms with Gasteiger partial charge < -0.3 is 26.6 Å². The van der Waals surface area contributed by atoms with Gasteiger partial charge in [-0.25, -0.2) is 0 Å². The van der Waals surface area contributed by atoms with Gasteiger partial charge in [-0.2, -0.15) is 0 Å². The van der Waals surface area contributed by atoms with Crippen molar-refractivity contribution in [3.8, 4) is 0 Å². The third-order valence-electron chi connectivity index (χ3n) is 8.88. The third-order valence-corrected chi connectivity index (χ3v) is 8.88. The molecule has 5 N–H and O–H groups in total. The second-order valence-electron chi connectivity index (χ2n) is 13.3.